The molecule has 11 nitrogen and oxygen atoms in total. The number of hydrogen-bond donors (Lipinski definition) is 1. The molecule has 0 fully saturated rings. The minimum Gasteiger partial charge on any atom is -0.460 e. The molecule has 0 saturated heterocycles. The van der Waals surface area contributed by atoms with Gasteiger partial charge in [-0.1, -0.05) is 57.8 Å². The third-order valence-electron chi connectivity index (χ3n) is 10.3. The Morgan fingerprint density at radius 2 is 1.59 bits per heavy atom. The van der Waals surface area contributed by atoms with Crippen LogP contribution in [0.3, 0.4) is 0 Å². The van der Waals surface area contributed by atoms with Gasteiger partial charge < -0.3 is 24.1 Å². The van der Waals surface area contributed by atoms with Gasteiger partial charge >= 0.3 is 5.97 Å². The minimum atomic E-state index is -3.65. The van der Waals surface area contributed by atoms with Crippen LogP contribution >= 0.6 is 11.6 Å². The molecular weight excluding hydrogens is 788 g/mol. The van der Waals surface area contributed by atoms with E-state index in [1.165, 1.54) is 9.47 Å². The number of carbonyl (C=O) groups excluding carboxylic acids is 2. The summed E-state index contributed by atoms with van der Waals surface area (Å²) in [5.41, 5.74) is 1.99. The predicted molar refractivity (Wildman–Crippen MR) is 225 cm³/mol. The summed E-state index contributed by atoms with van der Waals surface area (Å²) >= 11 is 6.21. The quantitative estimate of drug-likeness (QED) is 0.0529. The Morgan fingerprint density at radius 3 is 2.19 bits per heavy atom. The number of fused-ring (bicyclic) bond motifs is 2. The van der Waals surface area contributed by atoms with Crippen molar-refractivity contribution in [1.29, 1.82) is 0 Å². The Bertz CT molecular complexity index is 2270. The number of esters is 1. The average Bonchev–Trinajstić information content (AvgIpc) is 3.51. The van der Waals surface area contributed by atoms with Crippen molar-refractivity contribution in [2.24, 2.45) is 7.05 Å². The van der Waals surface area contributed by atoms with Gasteiger partial charge in [-0.3, -0.25) is 14.4 Å². The molecule has 0 atom stereocenters. The zero-order valence-electron chi connectivity index (χ0n) is 34.3. The largest absolute Gasteiger partial charge is 0.460 e. The number of nitrogens with zero attached hydrogens (tertiary/aromatic N) is 4. The standard InChI is InChI=1S/C43H56ClF2N5O6S/c1-43(2,3)57-37(52)17-15-13-11-9-7-6-8-10-12-14-16-19-50(20-18-44)41(53)32-23-36-33(21-29(32)28-58(5,55)56)34-27-49(4)42(54)39-38(34)30(24-47-39)26-51(36)40-35(46)22-31(45)25-48-40/h21-25,27,47H,6-20,26,28H2,1-5H3. The topological polar surface area (TPSA) is 135 Å². The number of carbonyl (C=O) groups is 2. The number of hydrogen-bond acceptors (Lipinski definition) is 8. The number of alkyl halides is 1. The lowest BCUT2D eigenvalue weighted by atomic mass is 9.95. The lowest BCUT2D eigenvalue weighted by Gasteiger charge is -2.28. The molecule has 1 aromatic carbocycles. The van der Waals surface area contributed by atoms with Gasteiger partial charge in [0.05, 0.1) is 24.2 Å². The van der Waals surface area contributed by atoms with Gasteiger partial charge in [0.1, 0.15) is 16.9 Å². The number of anilines is 2. The third-order valence-corrected chi connectivity index (χ3v) is 11.3. The van der Waals surface area contributed by atoms with Crippen LogP contribution < -0.4 is 10.5 Å². The molecule has 4 aromatic rings. The number of unbranched alkanes of at least 4 members (excludes halogenated alkanes) is 10. The number of halogens is 3. The number of rotatable bonds is 20. The molecule has 0 aliphatic carbocycles. The van der Waals surface area contributed by atoms with E-state index in [0.29, 0.717) is 46.2 Å². The van der Waals surface area contributed by atoms with E-state index in [4.69, 9.17) is 16.3 Å². The molecule has 316 valence electrons. The van der Waals surface area contributed by atoms with Crippen molar-refractivity contribution in [3.05, 3.63) is 75.5 Å². The zero-order chi connectivity index (χ0) is 42.2. The lowest BCUT2D eigenvalue weighted by Crippen LogP contribution is -2.34. The number of pyridine rings is 2. The fourth-order valence-corrected chi connectivity index (χ4v) is 8.64. The molecule has 0 saturated carbocycles. The van der Waals surface area contributed by atoms with Crippen LogP contribution in [0.4, 0.5) is 20.3 Å². The summed E-state index contributed by atoms with van der Waals surface area (Å²) in [4.78, 5) is 49.8. The van der Waals surface area contributed by atoms with E-state index < -0.39 is 38.7 Å². The Morgan fingerprint density at radius 1 is 0.948 bits per heavy atom. The second-order valence-corrected chi connectivity index (χ2v) is 18.9. The summed E-state index contributed by atoms with van der Waals surface area (Å²) in [6.45, 7) is 6.30. The van der Waals surface area contributed by atoms with Gasteiger partial charge in [0.2, 0.25) is 0 Å². The average molecular weight is 844 g/mol. The van der Waals surface area contributed by atoms with Crippen molar-refractivity contribution in [2.45, 2.75) is 116 Å². The van der Waals surface area contributed by atoms with Crippen LogP contribution in [0.25, 0.3) is 22.0 Å². The molecule has 5 rings (SSSR count). The van der Waals surface area contributed by atoms with Gasteiger partial charge in [-0.2, -0.15) is 0 Å². The Labute approximate surface area is 345 Å². The molecular formula is C43H56ClF2N5O6S. The number of aromatic amines is 1. The second-order valence-electron chi connectivity index (χ2n) is 16.4. The summed E-state index contributed by atoms with van der Waals surface area (Å²) < 4.78 is 62.1. The van der Waals surface area contributed by atoms with E-state index in [0.717, 1.165) is 89.1 Å². The first-order valence-corrected chi connectivity index (χ1v) is 22.8. The second kappa shape index (κ2) is 19.6. The summed E-state index contributed by atoms with van der Waals surface area (Å²) in [7, 11) is -2.05. The normalized spacial score (nSPS) is 12.8. The molecule has 1 N–H and O–H groups in total. The van der Waals surface area contributed by atoms with Crippen LogP contribution in [0.5, 0.6) is 0 Å². The first-order chi connectivity index (χ1) is 27.5. The maximum atomic E-state index is 15.5. The molecule has 0 radical (unpaired) electrons. The van der Waals surface area contributed by atoms with E-state index in [9.17, 15) is 27.2 Å². The molecule has 15 heteroatoms. The fourth-order valence-electron chi connectivity index (χ4n) is 7.63. The summed E-state index contributed by atoms with van der Waals surface area (Å²) in [5.74, 6) is -2.80. The van der Waals surface area contributed by atoms with Crippen LogP contribution in [0.1, 0.15) is 119 Å². The van der Waals surface area contributed by atoms with Gasteiger partial charge in [0, 0.05) is 79.2 Å². The molecule has 1 amide bonds. The summed E-state index contributed by atoms with van der Waals surface area (Å²) in [6.07, 6.45) is 17.0. The smallest absolute Gasteiger partial charge is 0.306 e. The van der Waals surface area contributed by atoms with E-state index >= 15 is 4.39 Å². The Hall–Kier alpha value is -4.30. The molecule has 4 heterocycles. The highest BCUT2D eigenvalue weighted by molar-refractivity contribution is 7.89. The van der Waals surface area contributed by atoms with Gasteiger partial charge in [-0.25, -0.2) is 22.2 Å². The molecule has 0 bridgehead atoms. The molecule has 0 unspecified atom stereocenters. The van der Waals surface area contributed by atoms with E-state index in [1.54, 1.807) is 36.5 Å². The van der Waals surface area contributed by atoms with Crippen molar-refractivity contribution in [3.63, 3.8) is 0 Å². The SMILES string of the molecule is Cn1cc2c3c(c[nH]c3c1=O)CN(c1ncc(F)cc1F)c1cc(C(=O)N(CCCl)CCCCCCCCCCCCCC(=O)OC(C)(C)C)c(CS(C)(=O)=O)cc1-2. The van der Waals surface area contributed by atoms with Crippen molar-refractivity contribution < 1.29 is 31.5 Å². The molecule has 0 spiro atoms. The van der Waals surface area contributed by atoms with Gasteiger partial charge in [-0.05, 0) is 56.9 Å². The van der Waals surface area contributed by atoms with Crippen LogP contribution in [0.2, 0.25) is 0 Å². The van der Waals surface area contributed by atoms with Crippen LogP contribution in [-0.2, 0) is 38.7 Å². The number of sulfone groups is 1. The third kappa shape index (κ3) is 11.7. The summed E-state index contributed by atoms with van der Waals surface area (Å²) in [5, 5.41) is 0.578. The number of nitrogens with one attached hydrogen (secondary N) is 1. The van der Waals surface area contributed by atoms with Crippen molar-refractivity contribution in [3.8, 4) is 11.1 Å². The first-order valence-electron chi connectivity index (χ1n) is 20.2. The maximum absolute atomic E-state index is 15.5. The summed E-state index contributed by atoms with van der Waals surface area (Å²) in [6, 6.07) is 3.92. The van der Waals surface area contributed by atoms with Crippen molar-refractivity contribution in [1.82, 2.24) is 19.4 Å². The molecule has 58 heavy (non-hydrogen) atoms. The fraction of sp³-hybridized carbons (Fsp3) is 0.535. The van der Waals surface area contributed by atoms with E-state index in [-0.39, 0.29) is 47.4 Å². The zero-order valence-corrected chi connectivity index (χ0v) is 35.8. The van der Waals surface area contributed by atoms with Gasteiger partial charge in [0.15, 0.2) is 21.5 Å². The first kappa shape index (κ1) is 44.8. The highest BCUT2D eigenvalue weighted by Gasteiger charge is 2.31. The number of aromatic nitrogens is 3. The monoisotopic (exact) mass is 843 g/mol. The van der Waals surface area contributed by atoms with Crippen LogP contribution in [0.15, 0.2) is 41.6 Å². The lowest BCUT2D eigenvalue weighted by molar-refractivity contribution is -0.154. The number of aryl methyl sites for hydroxylation is 1. The van der Waals surface area contributed by atoms with Crippen LogP contribution in [0, 0.1) is 11.6 Å². The number of H-pyrrole nitrogens is 1. The highest BCUT2D eigenvalue weighted by Crippen LogP contribution is 2.45. The van der Waals surface area contributed by atoms with Crippen LogP contribution in [-0.4, -0.2) is 70.6 Å². The maximum Gasteiger partial charge on any atom is 0.306 e. The Kier molecular flexibility index (Phi) is 15.2. The number of ether oxygens (including phenoxy) is 1. The van der Waals surface area contributed by atoms with Gasteiger partial charge in [0.25, 0.3) is 11.5 Å². The highest BCUT2D eigenvalue weighted by atomic mass is 35.5. The van der Waals surface area contributed by atoms with Crippen molar-refractivity contribution in [2.75, 3.05) is 30.1 Å². The predicted octanol–water partition coefficient (Wildman–Crippen LogP) is 9.11. The minimum absolute atomic E-state index is 0.0169. The number of amides is 1. The van der Waals surface area contributed by atoms with E-state index in [2.05, 4.69) is 9.97 Å². The van der Waals surface area contributed by atoms with Gasteiger partial charge in [-0.15, -0.1) is 11.6 Å². The molecule has 1 aliphatic heterocycles. The number of benzene rings is 1. The molecule has 1 aliphatic rings. The molecule has 3 aromatic heterocycles. The van der Waals surface area contributed by atoms with Crippen molar-refractivity contribution >= 4 is 55.7 Å². The van der Waals surface area contributed by atoms with E-state index in [1.807, 2.05) is 20.8 Å². The Balaban J connectivity index is 1.29.